The van der Waals surface area contributed by atoms with E-state index < -0.39 is 0 Å². The second-order valence-electron chi connectivity index (χ2n) is 3.86. The highest BCUT2D eigenvalue weighted by Gasteiger charge is 2.15. The Bertz CT molecular complexity index is 316. The predicted molar refractivity (Wildman–Crippen MR) is 58.6 cm³/mol. The van der Waals surface area contributed by atoms with Crippen molar-refractivity contribution in [3.63, 3.8) is 0 Å². The molecule has 0 saturated carbocycles. The van der Waals surface area contributed by atoms with Crippen molar-refractivity contribution >= 4 is 11.8 Å². The highest BCUT2D eigenvalue weighted by atomic mass is 16.5. The molecule has 2 heterocycles. The average molecular weight is 208 g/mol. The van der Waals surface area contributed by atoms with E-state index in [1.165, 1.54) is 0 Å². The molecule has 1 aliphatic rings. The molecule has 0 bridgehead atoms. The largest absolute Gasteiger partial charge is 0.381 e. The Morgan fingerprint density at radius 2 is 2.47 bits per heavy atom. The lowest BCUT2D eigenvalue weighted by Crippen LogP contribution is -2.15. The molecule has 3 N–H and O–H groups in total. The fraction of sp³-hybridized carbons (Fsp3) is 0.600. The van der Waals surface area contributed by atoms with Crippen molar-refractivity contribution in [2.45, 2.75) is 13.3 Å². The maximum Gasteiger partial charge on any atom is 0.222 e. The molecule has 1 unspecified atom stereocenters. The average Bonchev–Trinajstić information content (AvgIpc) is 2.65. The van der Waals surface area contributed by atoms with Crippen molar-refractivity contribution in [2.75, 3.05) is 30.8 Å². The molecule has 1 aromatic rings. The Kier molecular flexibility index (Phi) is 3.01. The van der Waals surface area contributed by atoms with Gasteiger partial charge < -0.3 is 15.8 Å². The highest BCUT2D eigenvalue weighted by Crippen LogP contribution is 2.14. The molecule has 0 aromatic carbocycles. The zero-order chi connectivity index (χ0) is 10.7. The molecule has 0 spiro atoms. The van der Waals surface area contributed by atoms with E-state index in [4.69, 9.17) is 10.5 Å². The molecule has 0 radical (unpaired) electrons. The normalized spacial score (nSPS) is 20.5. The monoisotopic (exact) mass is 208 g/mol. The molecule has 15 heavy (non-hydrogen) atoms. The zero-order valence-corrected chi connectivity index (χ0v) is 8.86. The van der Waals surface area contributed by atoms with Crippen LogP contribution in [-0.4, -0.2) is 29.7 Å². The number of anilines is 2. The summed E-state index contributed by atoms with van der Waals surface area (Å²) in [6.07, 6.45) is 1.12. The standard InChI is InChI=1S/C10H16N4O/c1-7-4-9(14-10(11)13-7)12-5-8-2-3-15-6-8/h4,8H,2-3,5-6H2,1H3,(H3,11,12,13,14). The summed E-state index contributed by atoms with van der Waals surface area (Å²) in [5.41, 5.74) is 6.44. The van der Waals surface area contributed by atoms with Crippen LogP contribution in [0.2, 0.25) is 0 Å². The van der Waals surface area contributed by atoms with Crippen molar-refractivity contribution in [1.82, 2.24) is 9.97 Å². The Labute approximate surface area is 89.1 Å². The van der Waals surface area contributed by atoms with Gasteiger partial charge in [-0.15, -0.1) is 0 Å². The number of ether oxygens (including phenoxy) is 1. The van der Waals surface area contributed by atoms with Gasteiger partial charge in [-0.3, -0.25) is 0 Å². The first kappa shape index (κ1) is 10.2. The molecule has 0 aliphatic carbocycles. The second-order valence-corrected chi connectivity index (χ2v) is 3.86. The van der Waals surface area contributed by atoms with Gasteiger partial charge in [-0.2, -0.15) is 4.98 Å². The van der Waals surface area contributed by atoms with Crippen LogP contribution in [0.1, 0.15) is 12.1 Å². The number of nitrogens with two attached hydrogens (primary N) is 1. The van der Waals surface area contributed by atoms with E-state index in [0.29, 0.717) is 11.9 Å². The van der Waals surface area contributed by atoms with Gasteiger partial charge in [0.2, 0.25) is 5.95 Å². The van der Waals surface area contributed by atoms with Crippen molar-refractivity contribution in [2.24, 2.45) is 5.92 Å². The molecule has 5 nitrogen and oxygen atoms in total. The number of nitrogen functional groups attached to an aromatic ring is 1. The summed E-state index contributed by atoms with van der Waals surface area (Å²) in [6.45, 7) is 4.50. The van der Waals surface area contributed by atoms with Gasteiger partial charge in [0.05, 0.1) is 6.61 Å². The number of aromatic nitrogens is 2. The maximum absolute atomic E-state index is 5.56. The van der Waals surface area contributed by atoms with Crippen LogP contribution in [-0.2, 0) is 4.74 Å². The highest BCUT2D eigenvalue weighted by molar-refractivity contribution is 5.40. The van der Waals surface area contributed by atoms with Gasteiger partial charge in [-0.25, -0.2) is 4.98 Å². The molecule has 82 valence electrons. The van der Waals surface area contributed by atoms with Crippen LogP contribution in [0.5, 0.6) is 0 Å². The van der Waals surface area contributed by atoms with Gasteiger partial charge in [0, 0.05) is 30.8 Å². The molecule has 1 atom stereocenters. The van der Waals surface area contributed by atoms with E-state index in [1.807, 2.05) is 13.0 Å². The zero-order valence-electron chi connectivity index (χ0n) is 8.86. The summed E-state index contributed by atoms with van der Waals surface area (Å²) in [6, 6.07) is 1.90. The Morgan fingerprint density at radius 1 is 1.60 bits per heavy atom. The quantitative estimate of drug-likeness (QED) is 0.769. The predicted octanol–water partition coefficient (Wildman–Crippen LogP) is 0.816. The summed E-state index contributed by atoms with van der Waals surface area (Å²) in [4.78, 5) is 8.13. The minimum Gasteiger partial charge on any atom is -0.381 e. The first-order valence-corrected chi connectivity index (χ1v) is 5.17. The van der Waals surface area contributed by atoms with Gasteiger partial charge >= 0.3 is 0 Å². The Hall–Kier alpha value is -1.36. The van der Waals surface area contributed by atoms with E-state index in [0.717, 1.165) is 37.7 Å². The number of hydrogen-bond donors (Lipinski definition) is 2. The Balaban J connectivity index is 1.92. The van der Waals surface area contributed by atoms with Gasteiger partial charge in [0.15, 0.2) is 0 Å². The van der Waals surface area contributed by atoms with E-state index in [9.17, 15) is 0 Å². The molecule has 2 rings (SSSR count). The summed E-state index contributed by atoms with van der Waals surface area (Å²) in [7, 11) is 0. The topological polar surface area (TPSA) is 73.1 Å². The maximum atomic E-state index is 5.56. The van der Waals surface area contributed by atoms with Crippen LogP contribution in [0, 0.1) is 12.8 Å². The molecular weight excluding hydrogens is 192 g/mol. The molecular formula is C10H16N4O. The van der Waals surface area contributed by atoms with Gasteiger partial charge in [0.25, 0.3) is 0 Å². The van der Waals surface area contributed by atoms with Crippen LogP contribution >= 0.6 is 0 Å². The van der Waals surface area contributed by atoms with E-state index in [1.54, 1.807) is 0 Å². The molecule has 1 aromatic heterocycles. The van der Waals surface area contributed by atoms with Crippen LogP contribution in [0.15, 0.2) is 6.07 Å². The third-order valence-corrected chi connectivity index (χ3v) is 2.47. The fourth-order valence-corrected chi connectivity index (χ4v) is 1.68. The number of aryl methyl sites for hydroxylation is 1. The number of nitrogens with zero attached hydrogens (tertiary/aromatic N) is 2. The summed E-state index contributed by atoms with van der Waals surface area (Å²) in [5, 5.41) is 3.26. The molecule has 1 saturated heterocycles. The van der Waals surface area contributed by atoms with Gasteiger partial charge in [-0.05, 0) is 13.3 Å². The lowest BCUT2D eigenvalue weighted by Gasteiger charge is -2.10. The van der Waals surface area contributed by atoms with Crippen molar-refractivity contribution in [3.05, 3.63) is 11.8 Å². The van der Waals surface area contributed by atoms with Crippen LogP contribution in [0.3, 0.4) is 0 Å². The fourth-order valence-electron chi connectivity index (χ4n) is 1.68. The third-order valence-electron chi connectivity index (χ3n) is 2.47. The van der Waals surface area contributed by atoms with E-state index in [2.05, 4.69) is 15.3 Å². The minimum absolute atomic E-state index is 0.320. The Morgan fingerprint density at radius 3 is 3.13 bits per heavy atom. The molecule has 1 aliphatic heterocycles. The van der Waals surface area contributed by atoms with Gasteiger partial charge in [0.1, 0.15) is 5.82 Å². The summed E-state index contributed by atoms with van der Waals surface area (Å²) in [5.74, 6) is 1.70. The van der Waals surface area contributed by atoms with Crippen molar-refractivity contribution in [1.29, 1.82) is 0 Å². The van der Waals surface area contributed by atoms with Crippen molar-refractivity contribution < 1.29 is 4.74 Å². The van der Waals surface area contributed by atoms with Gasteiger partial charge in [-0.1, -0.05) is 0 Å². The molecule has 1 fully saturated rings. The van der Waals surface area contributed by atoms with E-state index in [-0.39, 0.29) is 0 Å². The first-order valence-electron chi connectivity index (χ1n) is 5.17. The third kappa shape index (κ3) is 2.79. The molecule has 5 heteroatoms. The number of nitrogens with one attached hydrogen (secondary N) is 1. The lowest BCUT2D eigenvalue weighted by molar-refractivity contribution is 0.187. The SMILES string of the molecule is Cc1cc(NCC2CCOC2)nc(N)n1. The molecule has 0 amide bonds. The van der Waals surface area contributed by atoms with Crippen molar-refractivity contribution in [3.8, 4) is 0 Å². The summed E-state index contributed by atoms with van der Waals surface area (Å²) >= 11 is 0. The van der Waals surface area contributed by atoms with Crippen LogP contribution in [0.25, 0.3) is 0 Å². The lowest BCUT2D eigenvalue weighted by atomic mass is 10.1. The smallest absolute Gasteiger partial charge is 0.222 e. The number of rotatable bonds is 3. The minimum atomic E-state index is 0.320. The summed E-state index contributed by atoms with van der Waals surface area (Å²) < 4.78 is 5.30. The van der Waals surface area contributed by atoms with Crippen LogP contribution < -0.4 is 11.1 Å². The first-order chi connectivity index (χ1) is 7.24. The number of hydrogen-bond acceptors (Lipinski definition) is 5. The second kappa shape index (κ2) is 4.44. The van der Waals surface area contributed by atoms with E-state index >= 15 is 0 Å². The van der Waals surface area contributed by atoms with Crippen LogP contribution in [0.4, 0.5) is 11.8 Å².